The Morgan fingerprint density at radius 1 is 1.39 bits per heavy atom. The van der Waals surface area contributed by atoms with Gasteiger partial charge in [0.1, 0.15) is 0 Å². The number of hydrogen-bond donors (Lipinski definition) is 1. The zero-order chi connectivity index (χ0) is 13.1. The first-order valence-corrected chi connectivity index (χ1v) is 6.58. The summed E-state index contributed by atoms with van der Waals surface area (Å²) < 4.78 is 0. The molecular weight excluding hydrogens is 226 g/mol. The quantitative estimate of drug-likeness (QED) is 0.885. The number of aryl methyl sites for hydroxylation is 2. The molecule has 1 heterocycles. The predicted octanol–water partition coefficient (Wildman–Crippen LogP) is 1.83. The highest BCUT2D eigenvalue weighted by Gasteiger charge is 2.27. The Labute approximate surface area is 108 Å². The van der Waals surface area contributed by atoms with E-state index in [2.05, 4.69) is 26.0 Å². The Hall–Kier alpha value is -1.35. The van der Waals surface area contributed by atoms with E-state index in [9.17, 15) is 9.90 Å². The highest BCUT2D eigenvalue weighted by molar-refractivity contribution is 5.79. The third-order valence-electron chi connectivity index (χ3n) is 3.83. The standard InChI is InChI=1S/C15H21NO2/c1-11-5-6-13(8-12(11)2)9-15(18)16-7-3-4-14(16)10-17/h5-6,8,14,17H,3-4,7,9-10H2,1-2H3/t14-/m1/s1. The van der Waals surface area contributed by atoms with Crippen molar-refractivity contribution in [1.29, 1.82) is 0 Å². The lowest BCUT2D eigenvalue weighted by Gasteiger charge is -2.23. The molecule has 1 saturated heterocycles. The molecule has 0 radical (unpaired) electrons. The van der Waals surface area contributed by atoms with E-state index >= 15 is 0 Å². The third kappa shape index (κ3) is 2.72. The van der Waals surface area contributed by atoms with Gasteiger partial charge in [0, 0.05) is 6.54 Å². The first-order valence-electron chi connectivity index (χ1n) is 6.58. The molecule has 1 aromatic rings. The van der Waals surface area contributed by atoms with E-state index in [0.717, 1.165) is 24.9 Å². The fraction of sp³-hybridized carbons (Fsp3) is 0.533. The summed E-state index contributed by atoms with van der Waals surface area (Å²) in [6, 6.07) is 6.19. The van der Waals surface area contributed by atoms with Crippen molar-refractivity contribution in [2.24, 2.45) is 0 Å². The van der Waals surface area contributed by atoms with Crippen molar-refractivity contribution in [2.45, 2.75) is 39.2 Å². The zero-order valence-corrected chi connectivity index (χ0v) is 11.1. The van der Waals surface area contributed by atoms with Gasteiger partial charge in [-0.25, -0.2) is 0 Å². The maximum absolute atomic E-state index is 12.2. The molecule has 1 aliphatic rings. The summed E-state index contributed by atoms with van der Waals surface area (Å²) in [5, 5.41) is 9.24. The Balaban J connectivity index is 2.04. The van der Waals surface area contributed by atoms with Crippen LogP contribution in [0, 0.1) is 13.8 Å². The highest BCUT2D eigenvalue weighted by atomic mass is 16.3. The van der Waals surface area contributed by atoms with Crippen LogP contribution >= 0.6 is 0 Å². The van der Waals surface area contributed by atoms with E-state index in [-0.39, 0.29) is 18.6 Å². The molecule has 0 bridgehead atoms. The Morgan fingerprint density at radius 2 is 2.17 bits per heavy atom. The van der Waals surface area contributed by atoms with Gasteiger partial charge in [0.2, 0.25) is 5.91 Å². The summed E-state index contributed by atoms with van der Waals surface area (Å²) in [6.07, 6.45) is 2.37. The summed E-state index contributed by atoms with van der Waals surface area (Å²) in [5.74, 6) is 0.134. The average Bonchev–Trinajstić information content (AvgIpc) is 2.82. The summed E-state index contributed by atoms with van der Waals surface area (Å²) in [4.78, 5) is 14.0. The van der Waals surface area contributed by atoms with Crippen LogP contribution in [-0.2, 0) is 11.2 Å². The van der Waals surface area contributed by atoms with Gasteiger partial charge in [-0.15, -0.1) is 0 Å². The number of aliphatic hydroxyl groups is 1. The Kier molecular flexibility index (Phi) is 4.02. The summed E-state index contributed by atoms with van der Waals surface area (Å²) in [7, 11) is 0. The van der Waals surface area contributed by atoms with Crippen LogP contribution in [0.15, 0.2) is 18.2 Å². The molecule has 0 spiro atoms. The second kappa shape index (κ2) is 5.53. The van der Waals surface area contributed by atoms with Crippen LogP contribution in [0.3, 0.4) is 0 Å². The Morgan fingerprint density at radius 3 is 2.83 bits per heavy atom. The van der Waals surface area contributed by atoms with Crippen molar-refractivity contribution in [3.8, 4) is 0 Å². The minimum Gasteiger partial charge on any atom is -0.394 e. The molecule has 1 N–H and O–H groups in total. The van der Waals surface area contributed by atoms with Crippen molar-refractivity contribution in [1.82, 2.24) is 4.90 Å². The molecule has 0 saturated carbocycles. The Bertz CT molecular complexity index is 442. The van der Waals surface area contributed by atoms with Crippen molar-refractivity contribution >= 4 is 5.91 Å². The number of benzene rings is 1. The van der Waals surface area contributed by atoms with Gasteiger partial charge in [0.15, 0.2) is 0 Å². The fourth-order valence-electron chi connectivity index (χ4n) is 2.54. The number of carbonyl (C=O) groups excluding carboxylic acids is 1. The van der Waals surface area contributed by atoms with E-state index in [0.29, 0.717) is 6.42 Å². The molecule has 98 valence electrons. The van der Waals surface area contributed by atoms with Gasteiger partial charge in [0.25, 0.3) is 0 Å². The SMILES string of the molecule is Cc1ccc(CC(=O)N2CCC[C@@H]2CO)cc1C. The van der Waals surface area contributed by atoms with E-state index in [1.807, 2.05) is 11.0 Å². The molecule has 18 heavy (non-hydrogen) atoms. The van der Waals surface area contributed by atoms with Gasteiger partial charge >= 0.3 is 0 Å². The van der Waals surface area contributed by atoms with E-state index in [1.165, 1.54) is 11.1 Å². The van der Waals surface area contributed by atoms with Crippen LogP contribution in [-0.4, -0.2) is 35.1 Å². The molecule has 0 unspecified atom stereocenters. The summed E-state index contributed by atoms with van der Waals surface area (Å²) in [6.45, 7) is 5.01. The van der Waals surface area contributed by atoms with Crippen molar-refractivity contribution in [3.63, 3.8) is 0 Å². The van der Waals surface area contributed by atoms with Crippen LogP contribution < -0.4 is 0 Å². The van der Waals surface area contributed by atoms with Gasteiger partial charge in [-0.3, -0.25) is 4.79 Å². The normalized spacial score (nSPS) is 19.3. The molecule has 0 aliphatic carbocycles. The molecule has 1 fully saturated rings. The summed E-state index contributed by atoms with van der Waals surface area (Å²) >= 11 is 0. The number of amides is 1. The minimum absolute atomic E-state index is 0.0315. The summed E-state index contributed by atoms with van der Waals surface area (Å²) in [5.41, 5.74) is 3.53. The molecule has 1 aliphatic heterocycles. The van der Waals surface area contributed by atoms with Crippen LogP contribution in [0.1, 0.15) is 29.5 Å². The number of hydrogen-bond acceptors (Lipinski definition) is 2. The number of likely N-dealkylation sites (tertiary alicyclic amines) is 1. The molecule has 1 amide bonds. The zero-order valence-electron chi connectivity index (χ0n) is 11.1. The fourth-order valence-corrected chi connectivity index (χ4v) is 2.54. The van der Waals surface area contributed by atoms with E-state index in [4.69, 9.17) is 0 Å². The van der Waals surface area contributed by atoms with E-state index in [1.54, 1.807) is 0 Å². The van der Waals surface area contributed by atoms with Crippen LogP contribution in [0.25, 0.3) is 0 Å². The first kappa shape index (κ1) is 13.1. The van der Waals surface area contributed by atoms with Gasteiger partial charge < -0.3 is 10.0 Å². The van der Waals surface area contributed by atoms with Gasteiger partial charge in [-0.1, -0.05) is 18.2 Å². The number of rotatable bonds is 3. The van der Waals surface area contributed by atoms with Crippen molar-refractivity contribution in [2.75, 3.05) is 13.2 Å². The molecule has 3 nitrogen and oxygen atoms in total. The molecule has 0 aromatic heterocycles. The van der Waals surface area contributed by atoms with Crippen LogP contribution in [0.5, 0.6) is 0 Å². The highest BCUT2D eigenvalue weighted by Crippen LogP contribution is 2.19. The lowest BCUT2D eigenvalue weighted by molar-refractivity contribution is -0.131. The molecule has 1 atom stereocenters. The molecular formula is C15H21NO2. The van der Waals surface area contributed by atoms with Crippen LogP contribution in [0.2, 0.25) is 0 Å². The van der Waals surface area contributed by atoms with Crippen molar-refractivity contribution in [3.05, 3.63) is 34.9 Å². The maximum atomic E-state index is 12.2. The van der Waals surface area contributed by atoms with Gasteiger partial charge in [-0.2, -0.15) is 0 Å². The third-order valence-corrected chi connectivity index (χ3v) is 3.83. The predicted molar refractivity (Wildman–Crippen MR) is 71.4 cm³/mol. The lowest BCUT2D eigenvalue weighted by Crippen LogP contribution is -2.38. The maximum Gasteiger partial charge on any atom is 0.227 e. The van der Waals surface area contributed by atoms with Crippen molar-refractivity contribution < 1.29 is 9.90 Å². The first-order chi connectivity index (χ1) is 8.61. The number of nitrogens with zero attached hydrogens (tertiary/aromatic N) is 1. The van der Waals surface area contributed by atoms with E-state index < -0.39 is 0 Å². The topological polar surface area (TPSA) is 40.5 Å². The molecule has 3 heteroatoms. The lowest BCUT2D eigenvalue weighted by atomic mass is 10.0. The van der Waals surface area contributed by atoms with Crippen LogP contribution in [0.4, 0.5) is 0 Å². The minimum atomic E-state index is 0.0315. The van der Waals surface area contributed by atoms with Gasteiger partial charge in [-0.05, 0) is 43.4 Å². The molecule has 2 rings (SSSR count). The number of carbonyl (C=O) groups is 1. The average molecular weight is 247 g/mol. The monoisotopic (exact) mass is 247 g/mol. The smallest absolute Gasteiger partial charge is 0.227 e. The second-order valence-electron chi connectivity index (χ2n) is 5.16. The van der Waals surface area contributed by atoms with Gasteiger partial charge in [0.05, 0.1) is 19.1 Å². The number of aliphatic hydroxyl groups excluding tert-OH is 1. The second-order valence-corrected chi connectivity index (χ2v) is 5.16. The molecule has 1 aromatic carbocycles. The largest absolute Gasteiger partial charge is 0.394 e.